The first-order valence-corrected chi connectivity index (χ1v) is 8.70. The summed E-state index contributed by atoms with van der Waals surface area (Å²) in [7, 11) is 0. The molecule has 0 saturated heterocycles. The van der Waals surface area contributed by atoms with Gasteiger partial charge in [-0.2, -0.15) is 0 Å². The van der Waals surface area contributed by atoms with Crippen molar-refractivity contribution in [2.75, 3.05) is 0 Å². The van der Waals surface area contributed by atoms with Crippen molar-refractivity contribution in [2.45, 2.75) is 58.4 Å². The Morgan fingerprint density at radius 3 is 2.33 bits per heavy atom. The Kier molecular flexibility index (Phi) is 4.66. The molecule has 2 aliphatic rings. The largest absolute Gasteiger partial charge is 0.271 e. The minimum atomic E-state index is 0.489. The number of aryl methyl sites for hydroxylation is 1. The minimum Gasteiger partial charge on any atom is -0.271 e. The molecular weight excluding hydrogens is 256 g/mol. The van der Waals surface area contributed by atoms with Crippen molar-refractivity contribution in [1.82, 2.24) is 5.43 Å². The third-order valence-electron chi connectivity index (χ3n) is 5.81. The standard InChI is InChI=1S/C19H30N2/c1-13-9-14(2)11-18(10-13)19(21-20)17-8-7-15-5-3-4-6-16(15)12-17/h3-6,13-14,17-19,21H,7-12,20H2,1-2H3. The van der Waals surface area contributed by atoms with E-state index in [1.54, 1.807) is 11.1 Å². The minimum absolute atomic E-state index is 0.489. The smallest absolute Gasteiger partial charge is 0.0270 e. The van der Waals surface area contributed by atoms with Gasteiger partial charge in [-0.05, 0) is 73.3 Å². The molecule has 1 saturated carbocycles. The van der Waals surface area contributed by atoms with Crippen LogP contribution in [0.4, 0.5) is 0 Å². The molecule has 1 aromatic carbocycles. The molecule has 2 heteroatoms. The van der Waals surface area contributed by atoms with Gasteiger partial charge in [-0.15, -0.1) is 0 Å². The van der Waals surface area contributed by atoms with Crippen LogP contribution in [0.5, 0.6) is 0 Å². The zero-order chi connectivity index (χ0) is 14.8. The Morgan fingerprint density at radius 1 is 1.00 bits per heavy atom. The molecule has 4 unspecified atom stereocenters. The molecule has 4 atom stereocenters. The van der Waals surface area contributed by atoms with Crippen LogP contribution in [0.3, 0.4) is 0 Å². The first-order valence-electron chi connectivity index (χ1n) is 8.70. The molecule has 0 amide bonds. The van der Waals surface area contributed by atoms with Crippen LogP contribution in [0.2, 0.25) is 0 Å². The van der Waals surface area contributed by atoms with Crippen molar-refractivity contribution < 1.29 is 0 Å². The number of benzene rings is 1. The van der Waals surface area contributed by atoms with Gasteiger partial charge in [-0.25, -0.2) is 0 Å². The molecule has 3 rings (SSSR count). The summed E-state index contributed by atoms with van der Waals surface area (Å²) in [5.41, 5.74) is 6.31. The van der Waals surface area contributed by atoms with Gasteiger partial charge in [-0.1, -0.05) is 38.1 Å². The third kappa shape index (κ3) is 3.32. The van der Waals surface area contributed by atoms with Crippen LogP contribution in [0, 0.1) is 23.7 Å². The number of rotatable bonds is 3. The molecule has 3 N–H and O–H groups in total. The van der Waals surface area contributed by atoms with E-state index in [1.165, 1.54) is 38.5 Å². The molecule has 21 heavy (non-hydrogen) atoms. The van der Waals surface area contributed by atoms with E-state index in [2.05, 4.69) is 43.5 Å². The highest BCUT2D eigenvalue weighted by molar-refractivity contribution is 5.30. The molecule has 0 radical (unpaired) electrons. The zero-order valence-electron chi connectivity index (χ0n) is 13.5. The second-order valence-corrected chi connectivity index (χ2v) is 7.64. The van der Waals surface area contributed by atoms with Gasteiger partial charge in [-0.3, -0.25) is 11.3 Å². The summed E-state index contributed by atoms with van der Waals surface area (Å²) >= 11 is 0. The molecule has 0 bridgehead atoms. The molecule has 0 spiro atoms. The van der Waals surface area contributed by atoms with E-state index >= 15 is 0 Å². The van der Waals surface area contributed by atoms with Crippen LogP contribution in [0.25, 0.3) is 0 Å². The third-order valence-corrected chi connectivity index (χ3v) is 5.81. The van der Waals surface area contributed by atoms with Crippen LogP contribution < -0.4 is 11.3 Å². The Balaban J connectivity index is 1.72. The van der Waals surface area contributed by atoms with Crippen molar-refractivity contribution in [2.24, 2.45) is 29.5 Å². The molecule has 2 aliphatic carbocycles. The van der Waals surface area contributed by atoms with E-state index in [1.807, 2.05) is 0 Å². The van der Waals surface area contributed by atoms with Crippen LogP contribution in [0.15, 0.2) is 24.3 Å². The highest BCUT2D eigenvalue weighted by Gasteiger charge is 2.35. The first kappa shape index (κ1) is 15.1. The Bertz CT molecular complexity index is 460. The number of fused-ring (bicyclic) bond motifs is 1. The SMILES string of the molecule is CC1CC(C)CC(C(NN)C2CCc3ccccc3C2)C1. The van der Waals surface area contributed by atoms with Gasteiger partial charge < -0.3 is 0 Å². The average molecular weight is 286 g/mol. The topological polar surface area (TPSA) is 38.0 Å². The van der Waals surface area contributed by atoms with E-state index in [0.29, 0.717) is 12.0 Å². The maximum Gasteiger partial charge on any atom is 0.0270 e. The van der Waals surface area contributed by atoms with E-state index in [4.69, 9.17) is 5.84 Å². The first-order chi connectivity index (χ1) is 10.2. The molecule has 116 valence electrons. The van der Waals surface area contributed by atoms with Crippen molar-refractivity contribution in [1.29, 1.82) is 0 Å². The number of nitrogens with one attached hydrogen (secondary N) is 1. The molecular formula is C19H30N2. The van der Waals surface area contributed by atoms with Gasteiger partial charge in [0, 0.05) is 6.04 Å². The molecule has 0 heterocycles. The lowest BCUT2D eigenvalue weighted by molar-refractivity contribution is 0.136. The molecule has 1 aromatic rings. The summed E-state index contributed by atoms with van der Waals surface area (Å²) in [5, 5.41) is 0. The van der Waals surface area contributed by atoms with Gasteiger partial charge >= 0.3 is 0 Å². The maximum absolute atomic E-state index is 6.00. The van der Waals surface area contributed by atoms with E-state index in [-0.39, 0.29) is 0 Å². The highest BCUT2D eigenvalue weighted by Crippen LogP contribution is 2.39. The van der Waals surface area contributed by atoms with Crippen LogP contribution in [-0.4, -0.2) is 6.04 Å². The summed E-state index contributed by atoms with van der Waals surface area (Å²) in [6, 6.07) is 9.44. The van der Waals surface area contributed by atoms with Crippen molar-refractivity contribution in [3.63, 3.8) is 0 Å². The summed E-state index contributed by atoms with van der Waals surface area (Å²) in [6.45, 7) is 4.82. The average Bonchev–Trinajstić information content (AvgIpc) is 2.47. The van der Waals surface area contributed by atoms with E-state index in [9.17, 15) is 0 Å². The number of nitrogens with two attached hydrogens (primary N) is 1. The van der Waals surface area contributed by atoms with Crippen LogP contribution in [-0.2, 0) is 12.8 Å². The molecule has 1 fully saturated rings. The summed E-state index contributed by atoms with van der Waals surface area (Å²) in [5.74, 6) is 9.15. The summed E-state index contributed by atoms with van der Waals surface area (Å²) < 4.78 is 0. The second kappa shape index (κ2) is 6.50. The fourth-order valence-corrected chi connectivity index (χ4v) is 4.99. The molecule has 0 aromatic heterocycles. The Hall–Kier alpha value is -0.860. The lowest BCUT2D eigenvalue weighted by Gasteiger charge is -2.41. The second-order valence-electron chi connectivity index (χ2n) is 7.64. The lowest BCUT2D eigenvalue weighted by atomic mass is 9.68. The zero-order valence-corrected chi connectivity index (χ0v) is 13.5. The van der Waals surface area contributed by atoms with Crippen LogP contribution in [0.1, 0.15) is 50.7 Å². The highest BCUT2D eigenvalue weighted by atomic mass is 15.2. The van der Waals surface area contributed by atoms with E-state index in [0.717, 1.165) is 17.8 Å². The summed E-state index contributed by atoms with van der Waals surface area (Å²) in [6.07, 6.45) is 7.78. The number of hydrazine groups is 1. The molecule has 2 nitrogen and oxygen atoms in total. The normalized spacial score (nSPS) is 34.2. The predicted octanol–water partition coefficient (Wildman–Crippen LogP) is 3.70. The van der Waals surface area contributed by atoms with Crippen molar-refractivity contribution in [3.8, 4) is 0 Å². The van der Waals surface area contributed by atoms with Crippen molar-refractivity contribution >= 4 is 0 Å². The summed E-state index contributed by atoms with van der Waals surface area (Å²) in [4.78, 5) is 0. The van der Waals surface area contributed by atoms with Crippen LogP contribution >= 0.6 is 0 Å². The number of hydrogen-bond acceptors (Lipinski definition) is 2. The van der Waals surface area contributed by atoms with Gasteiger partial charge in [0.1, 0.15) is 0 Å². The maximum atomic E-state index is 6.00. The lowest BCUT2D eigenvalue weighted by Crippen LogP contribution is -2.49. The number of hydrogen-bond donors (Lipinski definition) is 2. The molecule has 0 aliphatic heterocycles. The van der Waals surface area contributed by atoms with E-state index < -0.39 is 0 Å². The van der Waals surface area contributed by atoms with Gasteiger partial charge in [0.2, 0.25) is 0 Å². The fourth-order valence-electron chi connectivity index (χ4n) is 4.99. The van der Waals surface area contributed by atoms with Crippen molar-refractivity contribution in [3.05, 3.63) is 35.4 Å². The van der Waals surface area contributed by atoms with Gasteiger partial charge in [0.05, 0.1) is 0 Å². The Labute approximate surface area is 129 Å². The van der Waals surface area contributed by atoms with Gasteiger partial charge in [0.15, 0.2) is 0 Å². The Morgan fingerprint density at radius 2 is 1.67 bits per heavy atom. The predicted molar refractivity (Wildman–Crippen MR) is 88.7 cm³/mol. The fraction of sp³-hybridized carbons (Fsp3) is 0.684. The van der Waals surface area contributed by atoms with Gasteiger partial charge in [0.25, 0.3) is 0 Å². The quantitative estimate of drug-likeness (QED) is 0.657. The monoisotopic (exact) mass is 286 g/mol.